The summed E-state index contributed by atoms with van der Waals surface area (Å²) in [6.45, 7) is 2.31. The van der Waals surface area contributed by atoms with E-state index in [0.29, 0.717) is 18.1 Å². The third-order valence-electron chi connectivity index (χ3n) is 5.69. The normalized spacial score (nSPS) is 38.0. The Morgan fingerprint density at radius 1 is 1.29 bits per heavy atom. The number of likely N-dealkylation sites (tertiary alicyclic amines) is 1. The maximum absolute atomic E-state index is 12.0. The minimum absolute atomic E-state index is 0.141. The molecule has 5 heteroatoms. The van der Waals surface area contributed by atoms with Gasteiger partial charge in [-0.25, -0.2) is 0 Å². The van der Waals surface area contributed by atoms with Crippen LogP contribution < -0.4 is 11.1 Å². The van der Waals surface area contributed by atoms with Crippen molar-refractivity contribution in [3.05, 3.63) is 0 Å². The molecule has 1 amide bonds. The molecule has 1 heterocycles. The van der Waals surface area contributed by atoms with Crippen molar-refractivity contribution in [3.8, 4) is 0 Å². The summed E-state index contributed by atoms with van der Waals surface area (Å²) in [5.41, 5.74) is 5.31. The fourth-order valence-corrected chi connectivity index (χ4v) is 4.11. The van der Waals surface area contributed by atoms with Crippen molar-refractivity contribution in [2.24, 2.45) is 5.73 Å². The Morgan fingerprint density at radius 3 is 2.67 bits per heavy atom. The Balaban J connectivity index is 1.63. The molecule has 0 radical (unpaired) electrons. The highest BCUT2D eigenvalue weighted by molar-refractivity contribution is 5.85. The van der Waals surface area contributed by atoms with E-state index in [2.05, 4.69) is 29.2 Å². The van der Waals surface area contributed by atoms with Crippen LogP contribution in [-0.2, 0) is 4.79 Å². The first-order valence-electron chi connectivity index (χ1n) is 8.48. The molecule has 0 aromatic carbocycles. The molecule has 3 fully saturated rings. The number of carbonyl (C=O) groups excluding carboxylic acids is 1. The molecule has 0 aromatic rings. The van der Waals surface area contributed by atoms with Gasteiger partial charge in [0.15, 0.2) is 0 Å². The first kappa shape index (κ1) is 15.3. The second-order valence-corrected chi connectivity index (χ2v) is 7.52. The van der Waals surface area contributed by atoms with Crippen LogP contribution in [0.4, 0.5) is 0 Å². The number of amides is 1. The van der Waals surface area contributed by atoms with Crippen LogP contribution in [0.15, 0.2) is 0 Å². The van der Waals surface area contributed by atoms with Crippen molar-refractivity contribution in [3.63, 3.8) is 0 Å². The lowest BCUT2D eigenvalue weighted by Crippen LogP contribution is -2.56. The van der Waals surface area contributed by atoms with Crippen LogP contribution in [0, 0.1) is 0 Å². The number of hydrogen-bond acceptors (Lipinski definition) is 4. The van der Waals surface area contributed by atoms with Crippen molar-refractivity contribution < 1.29 is 4.79 Å². The number of hydrogen-bond donors (Lipinski definition) is 2. The smallest absolute Gasteiger partial charge is 0.237 e. The quantitative estimate of drug-likeness (QED) is 0.777. The van der Waals surface area contributed by atoms with E-state index in [9.17, 15) is 4.79 Å². The van der Waals surface area contributed by atoms with Crippen molar-refractivity contribution in [2.75, 3.05) is 27.2 Å². The molecule has 3 rings (SSSR count). The molecular formula is C16H30N4O. The lowest BCUT2D eigenvalue weighted by molar-refractivity contribution is -0.124. The van der Waals surface area contributed by atoms with Gasteiger partial charge in [0.1, 0.15) is 0 Å². The Labute approximate surface area is 128 Å². The number of nitrogens with zero attached hydrogens (tertiary/aromatic N) is 2. The number of nitrogens with two attached hydrogens (primary N) is 1. The van der Waals surface area contributed by atoms with Gasteiger partial charge in [0, 0.05) is 24.7 Å². The first-order valence-corrected chi connectivity index (χ1v) is 8.48. The number of primary amides is 1. The molecule has 3 atom stereocenters. The average molecular weight is 294 g/mol. The van der Waals surface area contributed by atoms with E-state index in [1.165, 1.54) is 32.2 Å². The van der Waals surface area contributed by atoms with Gasteiger partial charge in [0.2, 0.25) is 5.91 Å². The van der Waals surface area contributed by atoms with E-state index in [4.69, 9.17) is 5.73 Å². The third kappa shape index (κ3) is 3.25. The van der Waals surface area contributed by atoms with E-state index in [1.54, 1.807) is 0 Å². The van der Waals surface area contributed by atoms with Gasteiger partial charge in [0.25, 0.3) is 0 Å². The SMILES string of the molecule is CN(C)C1CCCN(C2CCC(NC3CC3)(C(N)=O)C2)C1. The van der Waals surface area contributed by atoms with Gasteiger partial charge in [0.05, 0.1) is 5.54 Å². The van der Waals surface area contributed by atoms with Crippen LogP contribution in [0.3, 0.4) is 0 Å². The minimum Gasteiger partial charge on any atom is -0.368 e. The highest BCUT2D eigenvalue weighted by Gasteiger charge is 2.48. The zero-order valence-electron chi connectivity index (χ0n) is 13.5. The van der Waals surface area contributed by atoms with Crippen LogP contribution in [-0.4, -0.2) is 66.6 Å². The van der Waals surface area contributed by atoms with Crippen molar-refractivity contribution in [2.45, 2.75) is 68.6 Å². The number of carbonyl (C=O) groups is 1. The second kappa shape index (κ2) is 5.86. The van der Waals surface area contributed by atoms with Gasteiger partial charge in [-0.05, 0) is 65.6 Å². The standard InChI is InChI=1S/C16H30N4O/c1-19(2)14-4-3-9-20(11-14)13-7-8-16(10-13,15(17)21)18-12-5-6-12/h12-14,18H,3-11H2,1-2H3,(H2,17,21). The molecule has 5 nitrogen and oxygen atoms in total. The van der Waals surface area contributed by atoms with E-state index in [0.717, 1.165) is 25.8 Å². The van der Waals surface area contributed by atoms with Gasteiger partial charge in [-0.1, -0.05) is 0 Å². The monoisotopic (exact) mass is 294 g/mol. The Morgan fingerprint density at radius 2 is 2.05 bits per heavy atom. The number of piperidine rings is 1. The summed E-state index contributed by atoms with van der Waals surface area (Å²) in [5, 5.41) is 3.56. The predicted octanol–water partition coefficient (Wildman–Crippen LogP) is 0.541. The zero-order valence-corrected chi connectivity index (χ0v) is 13.5. The fourth-order valence-electron chi connectivity index (χ4n) is 4.11. The van der Waals surface area contributed by atoms with E-state index >= 15 is 0 Å². The molecular weight excluding hydrogens is 264 g/mol. The average Bonchev–Trinajstić information content (AvgIpc) is 3.15. The van der Waals surface area contributed by atoms with Crippen LogP contribution in [0.2, 0.25) is 0 Å². The third-order valence-corrected chi connectivity index (χ3v) is 5.69. The molecule has 1 aliphatic heterocycles. The van der Waals surface area contributed by atoms with Gasteiger partial charge < -0.3 is 16.0 Å². The van der Waals surface area contributed by atoms with E-state index in [-0.39, 0.29) is 5.91 Å². The summed E-state index contributed by atoms with van der Waals surface area (Å²) in [6, 6.07) is 1.71. The van der Waals surface area contributed by atoms with Crippen molar-refractivity contribution >= 4 is 5.91 Å². The molecule has 0 bridgehead atoms. The molecule has 3 unspecified atom stereocenters. The number of rotatable bonds is 5. The molecule has 1 saturated heterocycles. The predicted molar refractivity (Wildman–Crippen MR) is 84.0 cm³/mol. The molecule has 2 aliphatic carbocycles. The van der Waals surface area contributed by atoms with Crippen LogP contribution >= 0.6 is 0 Å². The van der Waals surface area contributed by atoms with Crippen molar-refractivity contribution in [1.82, 2.24) is 15.1 Å². The first-order chi connectivity index (χ1) is 10.00. The fraction of sp³-hybridized carbons (Fsp3) is 0.938. The minimum atomic E-state index is -0.434. The molecule has 0 aromatic heterocycles. The van der Waals surface area contributed by atoms with Crippen LogP contribution in [0.1, 0.15) is 44.9 Å². The Bertz CT molecular complexity index is 396. The number of likely N-dealkylation sites (N-methyl/N-ethyl adjacent to an activating group) is 1. The van der Waals surface area contributed by atoms with Gasteiger partial charge >= 0.3 is 0 Å². The molecule has 120 valence electrons. The summed E-state index contributed by atoms with van der Waals surface area (Å²) < 4.78 is 0. The summed E-state index contributed by atoms with van der Waals surface area (Å²) in [5.74, 6) is -0.141. The maximum Gasteiger partial charge on any atom is 0.237 e. The Hall–Kier alpha value is -0.650. The Kier molecular flexibility index (Phi) is 4.26. The molecule has 21 heavy (non-hydrogen) atoms. The van der Waals surface area contributed by atoms with Crippen molar-refractivity contribution in [1.29, 1.82) is 0 Å². The van der Waals surface area contributed by atoms with E-state index in [1.807, 2.05) is 0 Å². The highest BCUT2D eigenvalue weighted by Crippen LogP contribution is 2.37. The van der Waals surface area contributed by atoms with E-state index < -0.39 is 5.54 Å². The van der Waals surface area contributed by atoms with Gasteiger partial charge in [-0.2, -0.15) is 0 Å². The molecule has 3 N–H and O–H groups in total. The van der Waals surface area contributed by atoms with Crippen LogP contribution in [0.25, 0.3) is 0 Å². The second-order valence-electron chi connectivity index (χ2n) is 7.52. The van der Waals surface area contributed by atoms with Crippen LogP contribution in [0.5, 0.6) is 0 Å². The molecule has 2 saturated carbocycles. The summed E-state index contributed by atoms with van der Waals surface area (Å²) >= 11 is 0. The molecule has 0 spiro atoms. The number of nitrogens with one attached hydrogen (secondary N) is 1. The summed E-state index contributed by atoms with van der Waals surface area (Å²) in [4.78, 5) is 17.0. The van der Waals surface area contributed by atoms with Gasteiger partial charge in [-0.3, -0.25) is 9.69 Å². The summed E-state index contributed by atoms with van der Waals surface area (Å²) in [6.07, 6.45) is 7.86. The largest absolute Gasteiger partial charge is 0.368 e. The lowest BCUT2D eigenvalue weighted by atomic mass is 9.95. The summed E-state index contributed by atoms with van der Waals surface area (Å²) in [7, 11) is 4.34. The maximum atomic E-state index is 12.0. The van der Waals surface area contributed by atoms with Gasteiger partial charge in [-0.15, -0.1) is 0 Å². The lowest BCUT2D eigenvalue weighted by Gasteiger charge is -2.40. The zero-order chi connectivity index (χ0) is 15.0. The highest BCUT2D eigenvalue weighted by atomic mass is 16.1. The topological polar surface area (TPSA) is 61.6 Å². The molecule has 3 aliphatic rings.